The Morgan fingerprint density at radius 2 is 2.31 bits per heavy atom. The van der Waals surface area contributed by atoms with Crippen LogP contribution in [0, 0.1) is 0 Å². The Balaban J connectivity index is 2.44. The zero-order chi connectivity index (χ0) is 11.5. The Bertz CT molecular complexity index is 365. The van der Waals surface area contributed by atoms with Crippen molar-refractivity contribution in [2.24, 2.45) is 0 Å². The summed E-state index contributed by atoms with van der Waals surface area (Å²) in [7, 11) is 1.70. The first kappa shape index (κ1) is 11.3. The highest BCUT2D eigenvalue weighted by atomic mass is 16.5. The van der Waals surface area contributed by atoms with Crippen LogP contribution in [0.3, 0.4) is 0 Å². The predicted molar refractivity (Wildman–Crippen MR) is 65.3 cm³/mol. The Morgan fingerprint density at radius 1 is 1.50 bits per heavy atom. The molecule has 0 unspecified atom stereocenters. The van der Waals surface area contributed by atoms with Gasteiger partial charge in [-0.15, -0.1) is 0 Å². The molecule has 1 heterocycles. The molecule has 0 bridgehead atoms. The van der Waals surface area contributed by atoms with Gasteiger partial charge in [0.2, 0.25) is 0 Å². The largest absolute Gasteiger partial charge is 0.495 e. The van der Waals surface area contributed by atoms with Crippen molar-refractivity contribution in [3.63, 3.8) is 0 Å². The summed E-state index contributed by atoms with van der Waals surface area (Å²) in [6.45, 7) is 4.11. The van der Waals surface area contributed by atoms with Gasteiger partial charge in [-0.1, -0.05) is 19.1 Å². The van der Waals surface area contributed by atoms with Crippen molar-refractivity contribution in [2.75, 3.05) is 31.7 Å². The molecule has 1 aliphatic heterocycles. The molecule has 1 aliphatic rings. The van der Waals surface area contributed by atoms with Crippen molar-refractivity contribution < 1.29 is 9.84 Å². The van der Waals surface area contributed by atoms with E-state index in [0.717, 1.165) is 24.4 Å². The molecule has 0 saturated carbocycles. The quantitative estimate of drug-likeness (QED) is 0.847. The summed E-state index contributed by atoms with van der Waals surface area (Å²) in [4.78, 5) is 2.22. The summed E-state index contributed by atoms with van der Waals surface area (Å²) in [6.07, 6.45) is 1.14. The lowest BCUT2D eigenvalue weighted by atomic mass is 9.91. The van der Waals surface area contributed by atoms with Gasteiger partial charge in [0.25, 0.3) is 0 Å². The molecule has 3 nitrogen and oxygen atoms in total. The van der Waals surface area contributed by atoms with Crippen LogP contribution in [-0.2, 0) is 0 Å². The van der Waals surface area contributed by atoms with E-state index in [0.29, 0.717) is 12.5 Å². The molecule has 0 spiro atoms. The van der Waals surface area contributed by atoms with Gasteiger partial charge in [-0.2, -0.15) is 0 Å². The van der Waals surface area contributed by atoms with Crippen LogP contribution in [0.2, 0.25) is 0 Å². The maximum atomic E-state index is 9.09. The third-order valence-corrected chi connectivity index (χ3v) is 3.30. The molecule has 1 atom stereocenters. The number of para-hydroxylation sites is 1. The Labute approximate surface area is 96.6 Å². The van der Waals surface area contributed by atoms with Gasteiger partial charge in [0, 0.05) is 13.1 Å². The van der Waals surface area contributed by atoms with Gasteiger partial charge in [-0.3, -0.25) is 0 Å². The molecular weight excluding hydrogens is 202 g/mol. The summed E-state index contributed by atoms with van der Waals surface area (Å²) in [5.74, 6) is 1.48. The number of fused-ring (bicyclic) bond motifs is 1. The molecule has 1 aromatic carbocycles. The minimum absolute atomic E-state index is 0.186. The number of aliphatic hydroxyl groups is 1. The first-order valence-electron chi connectivity index (χ1n) is 5.80. The van der Waals surface area contributed by atoms with E-state index in [2.05, 4.69) is 17.9 Å². The molecule has 88 valence electrons. The van der Waals surface area contributed by atoms with E-state index in [4.69, 9.17) is 9.84 Å². The number of aliphatic hydroxyl groups excluding tert-OH is 1. The van der Waals surface area contributed by atoms with Crippen LogP contribution in [0.1, 0.15) is 24.8 Å². The number of β-amino-alcohol motifs (C(OH)–C–C–N with tert-alkyl or cyclic N) is 1. The molecule has 3 heteroatoms. The zero-order valence-electron chi connectivity index (χ0n) is 9.94. The summed E-state index contributed by atoms with van der Waals surface area (Å²) in [6, 6.07) is 6.18. The molecule has 2 rings (SSSR count). The number of benzene rings is 1. The average molecular weight is 221 g/mol. The highest BCUT2D eigenvalue weighted by molar-refractivity contribution is 5.66. The van der Waals surface area contributed by atoms with E-state index in [9.17, 15) is 0 Å². The van der Waals surface area contributed by atoms with Gasteiger partial charge in [-0.25, -0.2) is 0 Å². The molecule has 16 heavy (non-hydrogen) atoms. The molecule has 0 radical (unpaired) electrons. The summed E-state index contributed by atoms with van der Waals surface area (Å²) < 4.78 is 5.41. The van der Waals surface area contributed by atoms with Crippen LogP contribution in [0.15, 0.2) is 18.2 Å². The first-order chi connectivity index (χ1) is 7.77. The van der Waals surface area contributed by atoms with Crippen molar-refractivity contribution >= 4 is 5.69 Å². The van der Waals surface area contributed by atoms with Crippen molar-refractivity contribution in [3.05, 3.63) is 23.8 Å². The van der Waals surface area contributed by atoms with Crippen molar-refractivity contribution in [1.29, 1.82) is 0 Å². The molecular formula is C13H19NO2. The molecule has 0 amide bonds. The number of nitrogens with zero attached hydrogens (tertiary/aromatic N) is 1. The normalized spacial score (nSPS) is 19.4. The maximum Gasteiger partial charge on any atom is 0.142 e. The number of rotatable bonds is 3. The first-order valence-corrected chi connectivity index (χ1v) is 5.80. The third kappa shape index (κ3) is 1.87. The van der Waals surface area contributed by atoms with Crippen molar-refractivity contribution in [3.8, 4) is 5.75 Å². The average Bonchev–Trinajstić information content (AvgIpc) is 2.32. The van der Waals surface area contributed by atoms with Gasteiger partial charge < -0.3 is 14.7 Å². The molecule has 0 aliphatic carbocycles. The van der Waals surface area contributed by atoms with Gasteiger partial charge in [0.1, 0.15) is 5.75 Å². The van der Waals surface area contributed by atoms with E-state index >= 15 is 0 Å². The fraction of sp³-hybridized carbons (Fsp3) is 0.538. The molecule has 0 aromatic heterocycles. The SMILES string of the molecule is COc1cccc2c1N(CCO)CC[C@@H]2C. The lowest BCUT2D eigenvalue weighted by Crippen LogP contribution is -2.33. The summed E-state index contributed by atoms with van der Waals surface area (Å²) in [5.41, 5.74) is 2.50. The smallest absolute Gasteiger partial charge is 0.142 e. The molecule has 0 saturated heterocycles. The second-order valence-corrected chi connectivity index (χ2v) is 4.30. The zero-order valence-corrected chi connectivity index (χ0v) is 9.94. The maximum absolute atomic E-state index is 9.09. The van der Waals surface area contributed by atoms with E-state index < -0.39 is 0 Å². The van der Waals surface area contributed by atoms with Gasteiger partial charge in [0.05, 0.1) is 19.4 Å². The van der Waals surface area contributed by atoms with E-state index in [-0.39, 0.29) is 6.61 Å². The van der Waals surface area contributed by atoms with E-state index in [1.54, 1.807) is 7.11 Å². The number of methoxy groups -OCH3 is 1. The van der Waals surface area contributed by atoms with Crippen molar-refractivity contribution in [1.82, 2.24) is 0 Å². The van der Waals surface area contributed by atoms with Crippen LogP contribution in [0.4, 0.5) is 5.69 Å². The monoisotopic (exact) mass is 221 g/mol. The highest BCUT2D eigenvalue weighted by Crippen LogP contribution is 2.40. The van der Waals surface area contributed by atoms with Crippen molar-refractivity contribution in [2.45, 2.75) is 19.3 Å². The minimum atomic E-state index is 0.186. The van der Waals surface area contributed by atoms with Gasteiger partial charge in [0.15, 0.2) is 0 Å². The standard InChI is InChI=1S/C13H19NO2/c1-10-6-7-14(8-9-15)13-11(10)4-3-5-12(13)16-2/h3-5,10,15H,6-9H2,1-2H3/t10-/m0/s1. The summed E-state index contributed by atoms with van der Waals surface area (Å²) in [5, 5.41) is 9.09. The number of hydrogen-bond acceptors (Lipinski definition) is 3. The van der Waals surface area contributed by atoms with Crippen LogP contribution in [0.5, 0.6) is 5.75 Å². The second-order valence-electron chi connectivity index (χ2n) is 4.30. The van der Waals surface area contributed by atoms with Gasteiger partial charge >= 0.3 is 0 Å². The Kier molecular flexibility index (Phi) is 3.34. The van der Waals surface area contributed by atoms with Crippen LogP contribution in [0.25, 0.3) is 0 Å². The lowest BCUT2D eigenvalue weighted by Gasteiger charge is -2.35. The fourth-order valence-corrected chi connectivity index (χ4v) is 2.40. The predicted octanol–water partition coefficient (Wildman–Crippen LogP) is 2.00. The van der Waals surface area contributed by atoms with E-state index in [1.807, 2.05) is 12.1 Å². The Morgan fingerprint density at radius 3 is 3.00 bits per heavy atom. The topological polar surface area (TPSA) is 32.7 Å². The van der Waals surface area contributed by atoms with Crippen LogP contribution >= 0.6 is 0 Å². The minimum Gasteiger partial charge on any atom is -0.495 e. The number of anilines is 1. The third-order valence-electron chi connectivity index (χ3n) is 3.30. The van der Waals surface area contributed by atoms with Crippen LogP contribution in [-0.4, -0.2) is 31.9 Å². The molecule has 0 fully saturated rings. The highest BCUT2D eigenvalue weighted by Gasteiger charge is 2.24. The fourth-order valence-electron chi connectivity index (χ4n) is 2.40. The molecule has 1 N–H and O–H groups in total. The molecule has 1 aromatic rings. The Hall–Kier alpha value is -1.22. The summed E-state index contributed by atoms with van der Waals surface area (Å²) >= 11 is 0. The lowest BCUT2D eigenvalue weighted by molar-refractivity contribution is 0.299. The number of ether oxygens (including phenoxy) is 1. The second kappa shape index (κ2) is 4.74. The van der Waals surface area contributed by atoms with Crippen LogP contribution < -0.4 is 9.64 Å². The number of hydrogen-bond donors (Lipinski definition) is 1. The van der Waals surface area contributed by atoms with Gasteiger partial charge in [-0.05, 0) is 24.0 Å². The van der Waals surface area contributed by atoms with E-state index in [1.165, 1.54) is 5.56 Å².